The fourth-order valence-corrected chi connectivity index (χ4v) is 2.42. The number of hydrogen-bond donors (Lipinski definition) is 2. The van der Waals surface area contributed by atoms with Crippen molar-refractivity contribution in [3.63, 3.8) is 0 Å². The minimum Gasteiger partial charge on any atom is -0.398 e. The second-order valence-corrected chi connectivity index (χ2v) is 5.39. The zero-order chi connectivity index (χ0) is 13.2. The highest BCUT2D eigenvalue weighted by Gasteiger charge is 2.17. The first-order valence-corrected chi connectivity index (χ1v) is 6.62. The maximum Gasteiger partial charge on any atom is 0.266 e. The van der Waals surface area contributed by atoms with Crippen molar-refractivity contribution in [2.45, 2.75) is 11.8 Å². The van der Waals surface area contributed by atoms with Crippen LogP contribution in [0, 0.1) is 6.92 Å². The molecule has 0 aliphatic heterocycles. The van der Waals surface area contributed by atoms with Crippen LogP contribution in [-0.2, 0) is 10.0 Å². The third-order valence-corrected chi connectivity index (χ3v) is 3.65. The van der Waals surface area contributed by atoms with Gasteiger partial charge in [-0.15, -0.1) is 0 Å². The van der Waals surface area contributed by atoms with Gasteiger partial charge in [-0.05, 0) is 24.6 Å². The van der Waals surface area contributed by atoms with E-state index in [9.17, 15) is 8.42 Å². The molecule has 0 fully saturated rings. The summed E-state index contributed by atoms with van der Waals surface area (Å²) in [4.78, 5) is 7.65. The largest absolute Gasteiger partial charge is 0.398 e. The molecule has 0 radical (unpaired) electrons. The molecule has 0 aliphatic carbocycles. The van der Waals surface area contributed by atoms with Gasteiger partial charge in [0.15, 0.2) is 0 Å². The van der Waals surface area contributed by atoms with Gasteiger partial charge in [-0.25, -0.2) is 13.4 Å². The molecule has 0 saturated carbocycles. The van der Waals surface area contributed by atoms with Crippen LogP contribution >= 0.6 is 0 Å². The van der Waals surface area contributed by atoms with E-state index in [1.165, 1.54) is 18.5 Å². The number of nitrogens with one attached hydrogen (secondary N) is 1. The van der Waals surface area contributed by atoms with E-state index in [1.54, 1.807) is 18.3 Å². The summed E-state index contributed by atoms with van der Waals surface area (Å²) in [6.45, 7) is 1.87. The molecule has 0 aliphatic rings. The molecule has 94 valence electrons. The third kappa shape index (κ3) is 2.57. The molecule has 3 N–H and O–H groups in total. The van der Waals surface area contributed by atoms with Gasteiger partial charge in [-0.3, -0.25) is 9.71 Å². The summed E-state index contributed by atoms with van der Waals surface area (Å²) in [7, 11) is -3.76. The minimum absolute atomic E-state index is 0.0626. The van der Waals surface area contributed by atoms with E-state index in [1.807, 2.05) is 6.92 Å². The molecule has 0 atom stereocenters. The number of nitrogen functional groups attached to an aromatic ring is 1. The van der Waals surface area contributed by atoms with Gasteiger partial charge >= 0.3 is 0 Å². The molecule has 0 aromatic carbocycles. The maximum atomic E-state index is 12.0. The molecule has 7 heteroatoms. The molecule has 0 amide bonds. The van der Waals surface area contributed by atoms with Gasteiger partial charge < -0.3 is 5.73 Å². The molecular weight excluding hydrogens is 252 g/mol. The third-order valence-electron chi connectivity index (χ3n) is 2.26. The molecule has 2 heterocycles. The average Bonchev–Trinajstić information content (AvgIpc) is 2.32. The van der Waals surface area contributed by atoms with E-state index in [0.29, 0.717) is 0 Å². The number of aromatic nitrogens is 2. The number of sulfonamides is 1. The summed E-state index contributed by atoms with van der Waals surface area (Å²) in [5.41, 5.74) is 6.69. The Labute approximate surface area is 105 Å². The van der Waals surface area contributed by atoms with Gasteiger partial charge in [0.1, 0.15) is 10.7 Å². The smallest absolute Gasteiger partial charge is 0.266 e. The standard InChI is InChI=1S/C11H12N4O2S/c1-8-2-3-11(14-6-8)15-18(16,17)10-7-13-5-4-9(10)12/h2-7H,1H3,(H2,12,13)(H,14,15). The topological polar surface area (TPSA) is 98.0 Å². The van der Waals surface area contributed by atoms with Gasteiger partial charge in [-0.1, -0.05) is 6.07 Å². The van der Waals surface area contributed by atoms with Crippen molar-refractivity contribution < 1.29 is 8.42 Å². The Kier molecular flexibility index (Phi) is 3.15. The summed E-state index contributed by atoms with van der Waals surface area (Å²) in [6.07, 6.45) is 4.20. The monoisotopic (exact) mass is 264 g/mol. The van der Waals surface area contributed by atoms with Crippen molar-refractivity contribution in [1.82, 2.24) is 9.97 Å². The number of pyridine rings is 2. The van der Waals surface area contributed by atoms with Gasteiger partial charge in [0, 0.05) is 18.6 Å². The lowest BCUT2D eigenvalue weighted by Gasteiger charge is -2.08. The minimum atomic E-state index is -3.76. The molecule has 6 nitrogen and oxygen atoms in total. The van der Waals surface area contributed by atoms with Crippen molar-refractivity contribution in [2.75, 3.05) is 10.5 Å². The van der Waals surface area contributed by atoms with E-state index in [2.05, 4.69) is 14.7 Å². The van der Waals surface area contributed by atoms with Crippen molar-refractivity contribution in [3.8, 4) is 0 Å². The summed E-state index contributed by atoms with van der Waals surface area (Å²) in [6, 6.07) is 4.77. The zero-order valence-electron chi connectivity index (χ0n) is 9.66. The van der Waals surface area contributed by atoms with Crippen LogP contribution in [0.15, 0.2) is 41.7 Å². The number of rotatable bonds is 3. The number of nitrogens with zero attached hydrogens (tertiary/aromatic N) is 2. The Morgan fingerprint density at radius 1 is 1.22 bits per heavy atom. The Bertz CT molecular complexity index is 653. The van der Waals surface area contributed by atoms with Crippen LogP contribution in [0.5, 0.6) is 0 Å². The zero-order valence-corrected chi connectivity index (χ0v) is 10.5. The van der Waals surface area contributed by atoms with Crippen molar-refractivity contribution in [2.24, 2.45) is 0 Å². The normalized spacial score (nSPS) is 11.2. The summed E-state index contributed by atoms with van der Waals surface area (Å²) < 4.78 is 26.4. The van der Waals surface area contributed by atoms with E-state index in [-0.39, 0.29) is 16.4 Å². The lowest BCUT2D eigenvalue weighted by Crippen LogP contribution is -2.15. The predicted octanol–water partition coefficient (Wildman–Crippen LogP) is 1.17. The SMILES string of the molecule is Cc1ccc(NS(=O)(=O)c2cnccc2N)nc1. The molecule has 2 rings (SSSR count). The van der Waals surface area contributed by atoms with Gasteiger partial charge in [0.2, 0.25) is 0 Å². The molecule has 0 spiro atoms. The first-order chi connectivity index (χ1) is 8.49. The van der Waals surface area contributed by atoms with E-state index < -0.39 is 10.0 Å². The van der Waals surface area contributed by atoms with Crippen LogP contribution in [0.1, 0.15) is 5.56 Å². The summed E-state index contributed by atoms with van der Waals surface area (Å²) >= 11 is 0. The van der Waals surface area contributed by atoms with Gasteiger partial charge in [0.25, 0.3) is 10.0 Å². The van der Waals surface area contributed by atoms with Gasteiger partial charge in [0.05, 0.1) is 5.69 Å². The first kappa shape index (κ1) is 12.3. The molecule has 2 aromatic heterocycles. The Morgan fingerprint density at radius 3 is 2.61 bits per heavy atom. The van der Waals surface area contributed by atoms with Crippen LogP contribution in [-0.4, -0.2) is 18.4 Å². The molecule has 18 heavy (non-hydrogen) atoms. The second-order valence-electron chi connectivity index (χ2n) is 3.74. The first-order valence-electron chi connectivity index (χ1n) is 5.14. The van der Waals surface area contributed by atoms with E-state index >= 15 is 0 Å². The second kappa shape index (κ2) is 4.61. The average molecular weight is 264 g/mol. The van der Waals surface area contributed by atoms with Crippen LogP contribution in [0.25, 0.3) is 0 Å². The van der Waals surface area contributed by atoms with Gasteiger partial charge in [-0.2, -0.15) is 0 Å². The predicted molar refractivity (Wildman–Crippen MR) is 68.4 cm³/mol. The molecule has 0 unspecified atom stereocenters. The number of hydrogen-bond acceptors (Lipinski definition) is 5. The van der Waals surface area contributed by atoms with Crippen molar-refractivity contribution in [1.29, 1.82) is 0 Å². The molecule has 2 aromatic rings. The summed E-state index contributed by atoms with van der Waals surface area (Å²) in [5, 5.41) is 0. The Morgan fingerprint density at radius 2 is 2.00 bits per heavy atom. The Balaban J connectivity index is 2.33. The van der Waals surface area contributed by atoms with Crippen LogP contribution in [0.3, 0.4) is 0 Å². The van der Waals surface area contributed by atoms with E-state index in [4.69, 9.17) is 5.73 Å². The molecule has 0 bridgehead atoms. The lowest BCUT2D eigenvalue weighted by atomic mass is 10.3. The Hall–Kier alpha value is -2.15. The maximum absolute atomic E-state index is 12.0. The van der Waals surface area contributed by atoms with Crippen LogP contribution in [0.4, 0.5) is 11.5 Å². The highest BCUT2D eigenvalue weighted by Crippen LogP contribution is 2.18. The number of anilines is 2. The molecular formula is C11H12N4O2S. The molecule has 0 saturated heterocycles. The van der Waals surface area contributed by atoms with E-state index in [0.717, 1.165) is 5.56 Å². The highest BCUT2D eigenvalue weighted by molar-refractivity contribution is 7.92. The fourth-order valence-electron chi connectivity index (χ4n) is 1.34. The van der Waals surface area contributed by atoms with Crippen LogP contribution < -0.4 is 10.5 Å². The van der Waals surface area contributed by atoms with Crippen molar-refractivity contribution in [3.05, 3.63) is 42.4 Å². The highest BCUT2D eigenvalue weighted by atomic mass is 32.2. The number of nitrogens with two attached hydrogens (primary N) is 1. The number of aryl methyl sites for hydroxylation is 1. The van der Waals surface area contributed by atoms with Crippen molar-refractivity contribution >= 4 is 21.5 Å². The summed E-state index contributed by atoms with van der Waals surface area (Å²) in [5.74, 6) is 0.240. The fraction of sp³-hybridized carbons (Fsp3) is 0.0909. The van der Waals surface area contributed by atoms with Crippen LogP contribution in [0.2, 0.25) is 0 Å². The quantitative estimate of drug-likeness (QED) is 0.867. The lowest BCUT2D eigenvalue weighted by molar-refractivity contribution is 0.601.